The largest absolute Gasteiger partial charge is 0.493 e. The van der Waals surface area contributed by atoms with Gasteiger partial charge in [0.05, 0.1) is 22.6 Å². The number of aromatic hydroxyl groups is 1. The molecule has 2 aromatic carbocycles. The summed E-state index contributed by atoms with van der Waals surface area (Å²) in [5, 5.41) is 20.9. The van der Waals surface area contributed by atoms with E-state index in [1.165, 1.54) is 16.7 Å². The van der Waals surface area contributed by atoms with E-state index in [1.807, 2.05) is 26.0 Å². The number of nitrogens with zero attached hydrogens (tertiary/aromatic N) is 4. The molecule has 1 atom stereocenters. The average Bonchev–Trinajstić information content (AvgIpc) is 3.34. The number of aryl methyl sites for hydroxylation is 3. The van der Waals surface area contributed by atoms with E-state index in [2.05, 4.69) is 16.0 Å². The molecular formula is C30H28N4O4S. The second kappa shape index (κ2) is 10.5. The van der Waals surface area contributed by atoms with Gasteiger partial charge in [-0.15, -0.1) is 0 Å². The molecule has 1 aliphatic carbocycles. The van der Waals surface area contributed by atoms with Crippen LogP contribution in [0.5, 0.6) is 5.88 Å². The molecule has 5 rings (SSSR count). The Labute approximate surface area is 227 Å². The fourth-order valence-corrected chi connectivity index (χ4v) is 6.61. The van der Waals surface area contributed by atoms with E-state index in [1.54, 1.807) is 36.7 Å². The van der Waals surface area contributed by atoms with Gasteiger partial charge in [-0.25, -0.2) is 8.42 Å². The zero-order chi connectivity index (χ0) is 27.7. The third kappa shape index (κ3) is 4.72. The SMILES string of the molecule is CCCCc1nc(=O)c(S(=O)(=O)c2ccc(-c3ccncc3C)cc2)c(O)n1[C@@H]1CCc2ccc(C#N)cc21. The van der Waals surface area contributed by atoms with E-state index in [9.17, 15) is 23.6 Å². The molecule has 0 saturated carbocycles. The van der Waals surface area contributed by atoms with E-state index in [0.29, 0.717) is 37.1 Å². The lowest BCUT2D eigenvalue weighted by Gasteiger charge is -2.23. The minimum absolute atomic E-state index is 0.112. The first-order valence-corrected chi connectivity index (χ1v) is 14.4. The topological polar surface area (TPSA) is 126 Å². The smallest absolute Gasteiger partial charge is 0.296 e. The minimum atomic E-state index is -4.40. The predicted molar refractivity (Wildman–Crippen MR) is 146 cm³/mol. The number of sulfone groups is 1. The maximum Gasteiger partial charge on any atom is 0.296 e. The summed E-state index contributed by atoms with van der Waals surface area (Å²) in [6, 6.07) is 15.1. The maximum atomic E-state index is 13.8. The highest BCUT2D eigenvalue weighted by molar-refractivity contribution is 7.91. The highest BCUT2D eigenvalue weighted by Gasteiger charge is 2.34. The van der Waals surface area contributed by atoms with Crippen LogP contribution in [0.15, 0.2) is 75.5 Å². The van der Waals surface area contributed by atoms with Crippen molar-refractivity contribution in [2.45, 2.75) is 61.8 Å². The van der Waals surface area contributed by atoms with Crippen LogP contribution in [0.3, 0.4) is 0 Å². The van der Waals surface area contributed by atoms with E-state index >= 15 is 0 Å². The average molecular weight is 541 g/mol. The molecule has 1 aliphatic rings. The number of pyridine rings is 1. The Morgan fingerprint density at radius 1 is 1.15 bits per heavy atom. The molecule has 1 N–H and O–H groups in total. The number of aromatic nitrogens is 3. The molecule has 0 bridgehead atoms. The van der Waals surface area contributed by atoms with E-state index in [0.717, 1.165) is 34.2 Å². The van der Waals surface area contributed by atoms with E-state index in [-0.39, 0.29) is 4.90 Å². The van der Waals surface area contributed by atoms with Crippen molar-refractivity contribution in [3.05, 3.63) is 99.4 Å². The molecule has 39 heavy (non-hydrogen) atoms. The third-order valence-corrected chi connectivity index (χ3v) is 9.07. The Hall–Kier alpha value is -4.29. The van der Waals surface area contributed by atoms with Crippen LogP contribution in [0.1, 0.15) is 60.3 Å². The van der Waals surface area contributed by atoms with Crippen LogP contribution in [0.25, 0.3) is 11.1 Å². The van der Waals surface area contributed by atoms with E-state index < -0.39 is 32.2 Å². The molecule has 0 fully saturated rings. The van der Waals surface area contributed by atoms with Gasteiger partial charge in [0.15, 0.2) is 4.90 Å². The summed E-state index contributed by atoms with van der Waals surface area (Å²) in [5.74, 6) is -0.280. The Morgan fingerprint density at radius 3 is 2.62 bits per heavy atom. The standard InChI is InChI=1S/C30H28N4O4S/c1-3-4-5-27-33-29(35)28(30(36)34(27)26-13-10-22-7-6-20(17-31)16-25(22)26)39(37,38)23-11-8-21(9-12-23)24-14-15-32-18-19(24)2/h6-9,11-12,14-16,18,26,36H,3-5,10,13H2,1-2H3/t26-/m1/s1. The van der Waals surface area contributed by atoms with Crippen molar-refractivity contribution < 1.29 is 13.5 Å². The second-order valence-electron chi connectivity index (χ2n) is 9.76. The first-order valence-electron chi connectivity index (χ1n) is 12.9. The molecule has 2 heterocycles. The van der Waals surface area contributed by atoms with Crippen LogP contribution in [0, 0.1) is 18.3 Å². The van der Waals surface area contributed by atoms with Crippen molar-refractivity contribution in [2.24, 2.45) is 0 Å². The van der Waals surface area contributed by atoms with Crippen LogP contribution in [-0.4, -0.2) is 28.1 Å². The van der Waals surface area contributed by atoms with Gasteiger partial charge in [-0.1, -0.05) is 31.5 Å². The van der Waals surface area contributed by atoms with Gasteiger partial charge in [-0.05, 0) is 84.3 Å². The lowest BCUT2D eigenvalue weighted by atomic mass is 10.0. The molecule has 0 radical (unpaired) electrons. The summed E-state index contributed by atoms with van der Waals surface area (Å²) < 4.78 is 29.0. The first kappa shape index (κ1) is 26.3. The minimum Gasteiger partial charge on any atom is -0.493 e. The van der Waals surface area contributed by atoms with Crippen LogP contribution >= 0.6 is 0 Å². The molecule has 0 saturated heterocycles. The zero-order valence-electron chi connectivity index (χ0n) is 21.8. The summed E-state index contributed by atoms with van der Waals surface area (Å²) >= 11 is 0. The van der Waals surface area contributed by atoms with Gasteiger partial charge >= 0.3 is 0 Å². The summed E-state index contributed by atoms with van der Waals surface area (Å²) in [6.45, 7) is 3.92. The first-order chi connectivity index (χ1) is 18.8. The number of fused-ring (bicyclic) bond motifs is 1. The van der Waals surface area contributed by atoms with Gasteiger partial charge < -0.3 is 5.11 Å². The van der Waals surface area contributed by atoms with Gasteiger partial charge in [0.2, 0.25) is 15.7 Å². The number of hydrogen-bond donors (Lipinski definition) is 1. The summed E-state index contributed by atoms with van der Waals surface area (Å²) in [7, 11) is -4.40. The fraction of sp³-hybridized carbons (Fsp3) is 0.267. The van der Waals surface area contributed by atoms with Gasteiger partial charge in [0.25, 0.3) is 5.56 Å². The van der Waals surface area contributed by atoms with Crippen LogP contribution in [-0.2, 0) is 22.7 Å². The van der Waals surface area contributed by atoms with Crippen molar-refractivity contribution in [3.8, 4) is 23.1 Å². The van der Waals surface area contributed by atoms with Crippen molar-refractivity contribution in [2.75, 3.05) is 0 Å². The van der Waals surface area contributed by atoms with Crippen molar-refractivity contribution in [1.29, 1.82) is 5.26 Å². The van der Waals surface area contributed by atoms with Gasteiger partial charge in [0, 0.05) is 18.8 Å². The molecule has 9 heteroatoms. The Kier molecular flexibility index (Phi) is 7.06. The monoisotopic (exact) mass is 540 g/mol. The normalized spacial score (nSPS) is 14.6. The quantitative estimate of drug-likeness (QED) is 0.353. The molecule has 0 amide bonds. The third-order valence-electron chi connectivity index (χ3n) is 7.29. The molecular weight excluding hydrogens is 512 g/mol. The molecule has 2 aromatic heterocycles. The van der Waals surface area contributed by atoms with Gasteiger partial charge in [-0.2, -0.15) is 10.2 Å². The number of hydrogen-bond acceptors (Lipinski definition) is 7. The summed E-state index contributed by atoms with van der Waals surface area (Å²) in [4.78, 5) is 20.6. The number of nitriles is 1. The van der Waals surface area contributed by atoms with Crippen LogP contribution < -0.4 is 5.56 Å². The second-order valence-corrected chi connectivity index (χ2v) is 11.6. The van der Waals surface area contributed by atoms with Gasteiger partial charge in [0.1, 0.15) is 5.82 Å². The Morgan fingerprint density at radius 2 is 1.92 bits per heavy atom. The van der Waals surface area contributed by atoms with Crippen molar-refractivity contribution in [3.63, 3.8) is 0 Å². The van der Waals surface area contributed by atoms with Crippen LogP contribution in [0.2, 0.25) is 0 Å². The number of unbranched alkanes of at least 4 members (excludes halogenated alkanes) is 1. The molecule has 0 aliphatic heterocycles. The molecule has 0 unspecified atom stereocenters. The highest BCUT2D eigenvalue weighted by atomic mass is 32.2. The van der Waals surface area contributed by atoms with Crippen molar-refractivity contribution >= 4 is 9.84 Å². The molecule has 4 aromatic rings. The predicted octanol–water partition coefficient (Wildman–Crippen LogP) is 4.90. The lowest BCUT2D eigenvalue weighted by Crippen LogP contribution is -2.27. The Bertz CT molecular complexity index is 1770. The number of benzene rings is 2. The fourth-order valence-electron chi connectivity index (χ4n) is 5.27. The molecule has 0 spiro atoms. The number of rotatable bonds is 7. The van der Waals surface area contributed by atoms with Crippen LogP contribution in [0.4, 0.5) is 0 Å². The van der Waals surface area contributed by atoms with Crippen molar-refractivity contribution in [1.82, 2.24) is 14.5 Å². The summed E-state index contributed by atoms with van der Waals surface area (Å²) in [5.41, 5.74) is 4.00. The lowest BCUT2D eigenvalue weighted by molar-refractivity contribution is 0.361. The maximum absolute atomic E-state index is 13.8. The highest BCUT2D eigenvalue weighted by Crippen LogP contribution is 2.40. The summed E-state index contributed by atoms with van der Waals surface area (Å²) in [6.07, 6.45) is 6.63. The Balaban J connectivity index is 1.64. The zero-order valence-corrected chi connectivity index (χ0v) is 22.6. The molecule has 198 valence electrons. The molecule has 8 nitrogen and oxygen atoms in total. The van der Waals surface area contributed by atoms with Gasteiger partial charge in [-0.3, -0.25) is 14.3 Å². The van der Waals surface area contributed by atoms with E-state index in [4.69, 9.17) is 0 Å².